The van der Waals surface area contributed by atoms with Gasteiger partial charge in [-0.15, -0.1) is 0 Å². The number of hydrogen-bond donors (Lipinski definition) is 2. The van der Waals surface area contributed by atoms with E-state index in [0.717, 1.165) is 16.8 Å². The Bertz CT molecular complexity index is 1280. The Morgan fingerprint density at radius 2 is 1.76 bits per heavy atom. The molecule has 9 nitrogen and oxygen atoms in total. The molecular formula is C25H22N4O5. The topological polar surface area (TPSA) is 115 Å². The second kappa shape index (κ2) is 10.3. The summed E-state index contributed by atoms with van der Waals surface area (Å²) < 4.78 is 11.9. The molecule has 4 rings (SSSR count). The molecule has 0 aliphatic carbocycles. The minimum Gasteiger partial charge on any atom is -0.467 e. The van der Waals surface area contributed by atoms with E-state index in [4.69, 9.17) is 9.15 Å². The first-order valence-electron chi connectivity index (χ1n) is 10.5. The third kappa shape index (κ3) is 5.57. The van der Waals surface area contributed by atoms with E-state index in [2.05, 4.69) is 15.7 Å². The van der Waals surface area contributed by atoms with Gasteiger partial charge in [0.05, 0.1) is 18.5 Å². The number of aryl methyl sites for hydroxylation is 1. The van der Waals surface area contributed by atoms with Crippen LogP contribution in [-0.4, -0.2) is 34.3 Å². The molecule has 0 spiro atoms. The summed E-state index contributed by atoms with van der Waals surface area (Å²) in [5.41, 5.74) is 3.18. The molecule has 0 bridgehead atoms. The van der Waals surface area contributed by atoms with Crippen molar-refractivity contribution in [3.8, 4) is 16.9 Å². The summed E-state index contributed by atoms with van der Waals surface area (Å²) in [6.07, 6.45) is 3.03. The molecule has 0 saturated carbocycles. The highest BCUT2D eigenvalue weighted by atomic mass is 16.5. The average molecular weight is 458 g/mol. The number of ether oxygens (including phenoxy) is 1. The SMILES string of the molecule is Cc1ccc(-c2nn(-c3ccccc3)cc2C(=O)OCC(=O)NC(=O)NCc2ccco2)cc1. The lowest BCUT2D eigenvalue weighted by Gasteiger charge is -2.07. The van der Waals surface area contributed by atoms with Gasteiger partial charge in [0.1, 0.15) is 17.0 Å². The van der Waals surface area contributed by atoms with Crippen molar-refractivity contribution in [3.63, 3.8) is 0 Å². The van der Waals surface area contributed by atoms with Crippen molar-refractivity contribution >= 4 is 17.9 Å². The van der Waals surface area contributed by atoms with Gasteiger partial charge in [-0.1, -0.05) is 48.0 Å². The number of benzene rings is 2. The molecule has 0 radical (unpaired) electrons. The van der Waals surface area contributed by atoms with Crippen LogP contribution in [0.5, 0.6) is 0 Å². The summed E-state index contributed by atoms with van der Waals surface area (Å²) in [6, 6.07) is 19.5. The van der Waals surface area contributed by atoms with E-state index in [1.165, 1.54) is 6.26 Å². The van der Waals surface area contributed by atoms with Crippen LogP contribution in [0.2, 0.25) is 0 Å². The number of para-hydroxylation sites is 1. The van der Waals surface area contributed by atoms with Crippen LogP contribution >= 0.6 is 0 Å². The maximum atomic E-state index is 12.9. The molecule has 2 aromatic carbocycles. The van der Waals surface area contributed by atoms with Gasteiger partial charge in [0, 0.05) is 11.8 Å². The Kier molecular flexibility index (Phi) is 6.83. The zero-order valence-corrected chi connectivity index (χ0v) is 18.4. The second-order valence-electron chi connectivity index (χ2n) is 7.42. The minimum absolute atomic E-state index is 0.116. The highest BCUT2D eigenvalue weighted by Crippen LogP contribution is 2.25. The third-order valence-electron chi connectivity index (χ3n) is 4.87. The molecule has 4 aromatic rings. The van der Waals surface area contributed by atoms with Gasteiger partial charge >= 0.3 is 12.0 Å². The van der Waals surface area contributed by atoms with E-state index < -0.39 is 24.5 Å². The number of furan rings is 1. The van der Waals surface area contributed by atoms with Crippen LogP contribution in [0.25, 0.3) is 16.9 Å². The molecule has 0 atom stereocenters. The standard InChI is InChI=1S/C25H22N4O5/c1-17-9-11-18(12-10-17)23-21(15-29(28-23)19-6-3-2-4-7-19)24(31)34-16-22(30)27-25(32)26-14-20-8-5-13-33-20/h2-13,15H,14,16H2,1H3,(H2,26,27,30,32). The van der Waals surface area contributed by atoms with E-state index in [1.807, 2.05) is 61.5 Å². The first-order chi connectivity index (χ1) is 16.5. The fourth-order valence-electron chi connectivity index (χ4n) is 3.16. The van der Waals surface area contributed by atoms with E-state index in [-0.39, 0.29) is 12.1 Å². The third-order valence-corrected chi connectivity index (χ3v) is 4.87. The molecule has 2 aromatic heterocycles. The summed E-state index contributed by atoms with van der Waals surface area (Å²) >= 11 is 0. The summed E-state index contributed by atoms with van der Waals surface area (Å²) in [7, 11) is 0. The normalized spacial score (nSPS) is 10.5. The maximum absolute atomic E-state index is 12.9. The van der Waals surface area contributed by atoms with Crippen LogP contribution < -0.4 is 10.6 Å². The van der Waals surface area contributed by atoms with Crippen LogP contribution in [0.3, 0.4) is 0 Å². The molecule has 3 amide bonds. The lowest BCUT2D eigenvalue weighted by atomic mass is 10.1. The molecule has 0 aliphatic rings. The predicted octanol–water partition coefficient (Wildman–Crippen LogP) is 3.62. The largest absolute Gasteiger partial charge is 0.467 e. The fourth-order valence-corrected chi connectivity index (χ4v) is 3.16. The summed E-state index contributed by atoms with van der Waals surface area (Å²) in [5.74, 6) is -0.963. The van der Waals surface area contributed by atoms with Crippen LogP contribution in [-0.2, 0) is 16.1 Å². The Morgan fingerprint density at radius 3 is 2.47 bits per heavy atom. The van der Waals surface area contributed by atoms with Crippen molar-refractivity contribution < 1.29 is 23.5 Å². The summed E-state index contributed by atoms with van der Waals surface area (Å²) in [5, 5.41) is 9.15. The van der Waals surface area contributed by atoms with E-state index in [1.54, 1.807) is 23.0 Å². The number of carbonyl (C=O) groups excluding carboxylic acids is 3. The zero-order valence-electron chi connectivity index (χ0n) is 18.4. The van der Waals surface area contributed by atoms with Crippen LogP contribution in [0.4, 0.5) is 4.79 Å². The number of aromatic nitrogens is 2. The number of imide groups is 1. The Hall–Kier alpha value is -4.66. The van der Waals surface area contributed by atoms with Gasteiger partial charge in [-0.05, 0) is 31.2 Å². The van der Waals surface area contributed by atoms with Crippen LogP contribution in [0.1, 0.15) is 21.7 Å². The van der Waals surface area contributed by atoms with Crippen molar-refractivity contribution in [1.29, 1.82) is 0 Å². The zero-order chi connectivity index (χ0) is 23.9. The lowest BCUT2D eigenvalue weighted by Crippen LogP contribution is -2.41. The Balaban J connectivity index is 1.44. The van der Waals surface area contributed by atoms with Gasteiger partial charge in [0.2, 0.25) is 0 Å². The predicted molar refractivity (Wildman–Crippen MR) is 123 cm³/mol. The average Bonchev–Trinajstić information content (AvgIpc) is 3.53. The molecular weight excluding hydrogens is 436 g/mol. The molecule has 2 heterocycles. The summed E-state index contributed by atoms with van der Waals surface area (Å²) in [6.45, 7) is 1.45. The van der Waals surface area contributed by atoms with Crippen LogP contribution in [0, 0.1) is 6.92 Å². The van der Waals surface area contributed by atoms with Gasteiger partial charge in [0.25, 0.3) is 5.91 Å². The van der Waals surface area contributed by atoms with Crippen molar-refractivity contribution in [2.24, 2.45) is 0 Å². The quantitative estimate of drug-likeness (QED) is 0.409. The monoisotopic (exact) mass is 458 g/mol. The highest BCUT2D eigenvalue weighted by Gasteiger charge is 2.21. The van der Waals surface area contributed by atoms with E-state index in [9.17, 15) is 14.4 Å². The number of urea groups is 1. The number of carbonyl (C=O) groups is 3. The first kappa shape index (κ1) is 22.5. The molecule has 34 heavy (non-hydrogen) atoms. The van der Waals surface area contributed by atoms with E-state index >= 15 is 0 Å². The van der Waals surface area contributed by atoms with Gasteiger partial charge in [-0.3, -0.25) is 10.1 Å². The van der Waals surface area contributed by atoms with E-state index in [0.29, 0.717) is 11.5 Å². The molecule has 0 fully saturated rings. The molecule has 0 aliphatic heterocycles. The Labute approximate surface area is 195 Å². The molecule has 0 saturated heterocycles. The maximum Gasteiger partial charge on any atom is 0.342 e. The number of hydrogen-bond acceptors (Lipinski definition) is 6. The van der Waals surface area contributed by atoms with Crippen molar-refractivity contribution in [1.82, 2.24) is 20.4 Å². The number of amides is 3. The fraction of sp³-hybridized carbons (Fsp3) is 0.120. The van der Waals surface area contributed by atoms with Crippen molar-refractivity contribution in [2.45, 2.75) is 13.5 Å². The van der Waals surface area contributed by atoms with Gasteiger partial charge in [-0.25, -0.2) is 14.3 Å². The first-order valence-corrected chi connectivity index (χ1v) is 10.5. The number of esters is 1. The molecule has 0 unspecified atom stereocenters. The van der Waals surface area contributed by atoms with Crippen molar-refractivity contribution in [2.75, 3.05) is 6.61 Å². The smallest absolute Gasteiger partial charge is 0.342 e. The second-order valence-corrected chi connectivity index (χ2v) is 7.42. The van der Waals surface area contributed by atoms with Gasteiger partial charge in [0.15, 0.2) is 6.61 Å². The molecule has 9 heteroatoms. The Morgan fingerprint density at radius 1 is 1.00 bits per heavy atom. The molecule has 172 valence electrons. The number of nitrogens with one attached hydrogen (secondary N) is 2. The lowest BCUT2D eigenvalue weighted by molar-refractivity contribution is -0.123. The summed E-state index contributed by atoms with van der Waals surface area (Å²) in [4.78, 5) is 36.8. The minimum atomic E-state index is -0.766. The van der Waals surface area contributed by atoms with Crippen molar-refractivity contribution in [3.05, 3.63) is 96.1 Å². The number of rotatable bonds is 7. The highest BCUT2D eigenvalue weighted by molar-refractivity contribution is 5.99. The van der Waals surface area contributed by atoms with Gasteiger partial charge in [-0.2, -0.15) is 5.10 Å². The van der Waals surface area contributed by atoms with Crippen LogP contribution in [0.15, 0.2) is 83.6 Å². The van der Waals surface area contributed by atoms with Gasteiger partial charge < -0.3 is 14.5 Å². The molecule has 2 N–H and O–H groups in total. The number of nitrogens with zero attached hydrogens (tertiary/aromatic N) is 2.